The van der Waals surface area contributed by atoms with E-state index in [1.54, 1.807) is 36.1 Å². The average molecular weight is 448 g/mol. The Labute approximate surface area is 178 Å². The third-order valence-corrected chi connectivity index (χ3v) is 8.15. The van der Waals surface area contributed by atoms with Crippen LogP contribution in [0.3, 0.4) is 0 Å². The summed E-state index contributed by atoms with van der Waals surface area (Å²) in [6.07, 6.45) is 0.496. The van der Waals surface area contributed by atoms with Crippen LogP contribution in [0.1, 0.15) is 23.7 Å². The molecule has 9 heteroatoms. The van der Waals surface area contributed by atoms with Gasteiger partial charge in [0.25, 0.3) is 5.91 Å². The standard InChI is InChI=1S/C21H22FN3O3S2/c1-2-13-30(27,28)19-6-4-3-5-16(19)20(26)24-9-11-25(12-10-24)21-23-17-8-7-15(22)14-18(17)29-21/h3-8,14H,2,9-13H2,1H3. The van der Waals surface area contributed by atoms with Crippen molar-refractivity contribution < 1.29 is 17.6 Å². The van der Waals surface area contributed by atoms with Gasteiger partial charge in [0, 0.05) is 26.2 Å². The summed E-state index contributed by atoms with van der Waals surface area (Å²) >= 11 is 1.43. The Morgan fingerprint density at radius 1 is 1.13 bits per heavy atom. The van der Waals surface area contributed by atoms with E-state index in [4.69, 9.17) is 0 Å². The van der Waals surface area contributed by atoms with Crippen molar-refractivity contribution in [2.45, 2.75) is 18.2 Å². The van der Waals surface area contributed by atoms with Crippen molar-refractivity contribution in [2.24, 2.45) is 0 Å². The van der Waals surface area contributed by atoms with E-state index in [2.05, 4.69) is 9.88 Å². The van der Waals surface area contributed by atoms with E-state index in [1.165, 1.54) is 29.5 Å². The monoisotopic (exact) mass is 447 g/mol. The highest BCUT2D eigenvalue weighted by atomic mass is 32.2. The number of carbonyl (C=O) groups excluding carboxylic acids is 1. The van der Waals surface area contributed by atoms with Gasteiger partial charge >= 0.3 is 0 Å². The number of sulfone groups is 1. The molecule has 0 N–H and O–H groups in total. The molecule has 0 saturated carbocycles. The fourth-order valence-corrected chi connectivity index (χ4v) is 6.16. The predicted molar refractivity (Wildman–Crippen MR) is 116 cm³/mol. The number of fused-ring (bicyclic) bond motifs is 1. The lowest BCUT2D eigenvalue weighted by Gasteiger charge is -2.34. The van der Waals surface area contributed by atoms with E-state index in [9.17, 15) is 17.6 Å². The first-order valence-corrected chi connectivity index (χ1v) is 12.3. The number of piperazine rings is 1. The zero-order chi connectivity index (χ0) is 21.3. The quantitative estimate of drug-likeness (QED) is 0.598. The molecule has 4 rings (SSSR count). The highest BCUT2D eigenvalue weighted by molar-refractivity contribution is 7.91. The Balaban J connectivity index is 1.50. The molecular formula is C21H22FN3O3S2. The van der Waals surface area contributed by atoms with Crippen LogP contribution < -0.4 is 4.90 Å². The van der Waals surface area contributed by atoms with E-state index in [0.29, 0.717) is 32.6 Å². The first-order valence-electron chi connectivity index (χ1n) is 9.81. The lowest BCUT2D eigenvalue weighted by atomic mass is 10.2. The van der Waals surface area contributed by atoms with Gasteiger partial charge in [0.1, 0.15) is 5.82 Å². The van der Waals surface area contributed by atoms with Crippen LogP contribution in [-0.2, 0) is 9.84 Å². The van der Waals surface area contributed by atoms with E-state index in [-0.39, 0.29) is 27.9 Å². The number of anilines is 1. The summed E-state index contributed by atoms with van der Waals surface area (Å²) in [4.78, 5) is 21.5. The Morgan fingerprint density at radius 3 is 2.60 bits per heavy atom. The van der Waals surface area contributed by atoms with Gasteiger partial charge in [0.05, 0.1) is 26.4 Å². The highest BCUT2D eigenvalue weighted by Gasteiger charge is 2.28. The molecular weight excluding hydrogens is 425 g/mol. The number of hydrogen-bond donors (Lipinski definition) is 0. The van der Waals surface area contributed by atoms with Gasteiger partial charge in [-0.3, -0.25) is 4.79 Å². The molecule has 6 nitrogen and oxygen atoms in total. The van der Waals surface area contributed by atoms with Crippen molar-refractivity contribution in [1.29, 1.82) is 0 Å². The summed E-state index contributed by atoms with van der Waals surface area (Å²) in [7, 11) is -3.49. The van der Waals surface area contributed by atoms with Crippen molar-refractivity contribution in [1.82, 2.24) is 9.88 Å². The number of carbonyl (C=O) groups is 1. The van der Waals surface area contributed by atoms with Crippen molar-refractivity contribution in [2.75, 3.05) is 36.8 Å². The second kappa shape index (κ2) is 8.31. The summed E-state index contributed by atoms with van der Waals surface area (Å²) in [6.45, 7) is 3.89. The first-order chi connectivity index (χ1) is 14.4. The van der Waals surface area contributed by atoms with E-state index >= 15 is 0 Å². The van der Waals surface area contributed by atoms with Crippen LogP contribution in [0, 0.1) is 5.82 Å². The van der Waals surface area contributed by atoms with Gasteiger partial charge in [-0.1, -0.05) is 30.4 Å². The molecule has 2 heterocycles. The second-order valence-electron chi connectivity index (χ2n) is 7.20. The number of nitrogens with zero attached hydrogens (tertiary/aromatic N) is 3. The van der Waals surface area contributed by atoms with Crippen LogP contribution in [0.2, 0.25) is 0 Å². The molecule has 1 amide bonds. The van der Waals surface area contributed by atoms with Gasteiger partial charge in [0.15, 0.2) is 15.0 Å². The Hall–Kier alpha value is -2.52. The fourth-order valence-electron chi connectivity index (χ4n) is 3.59. The van der Waals surface area contributed by atoms with Crippen molar-refractivity contribution in [3.63, 3.8) is 0 Å². The first kappa shape index (κ1) is 20.7. The molecule has 30 heavy (non-hydrogen) atoms. The zero-order valence-electron chi connectivity index (χ0n) is 16.5. The SMILES string of the molecule is CCCS(=O)(=O)c1ccccc1C(=O)N1CCN(c2nc3ccc(F)cc3s2)CC1. The Bertz CT molecular complexity index is 1190. The molecule has 1 fully saturated rings. The smallest absolute Gasteiger partial charge is 0.255 e. The van der Waals surface area contributed by atoms with Gasteiger partial charge in [0.2, 0.25) is 0 Å². The van der Waals surface area contributed by atoms with Crippen molar-refractivity contribution >= 4 is 42.4 Å². The molecule has 0 spiro atoms. The van der Waals surface area contributed by atoms with Crippen LogP contribution in [0.4, 0.5) is 9.52 Å². The summed E-state index contributed by atoms with van der Waals surface area (Å²) in [5.74, 6) is -0.537. The molecule has 2 aromatic carbocycles. The van der Waals surface area contributed by atoms with E-state index < -0.39 is 9.84 Å². The molecule has 3 aromatic rings. The minimum Gasteiger partial charge on any atom is -0.345 e. The number of halogens is 1. The fraction of sp³-hybridized carbons (Fsp3) is 0.333. The van der Waals surface area contributed by atoms with Crippen LogP contribution in [0.15, 0.2) is 47.4 Å². The van der Waals surface area contributed by atoms with E-state index in [1.807, 2.05) is 0 Å². The molecule has 0 aliphatic carbocycles. The molecule has 158 valence electrons. The maximum absolute atomic E-state index is 13.4. The minimum absolute atomic E-state index is 0.0171. The normalized spacial score (nSPS) is 15.0. The second-order valence-corrected chi connectivity index (χ2v) is 10.3. The number of hydrogen-bond acceptors (Lipinski definition) is 6. The number of thiazole rings is 1. The molecule has 0 atom stereocenters. The number of aromatic nitrogens is 1. The largest absolute Gasteiger partial charge is 0.345 e. The number of benzene rings is 2. The molecule has 0 radical (unpaired) electrons. The van der Waals surface area contributed by atoms with E-state index in [0.717, 1.165) is 15.3 Å². The highest BCUT2D eigenvalue weighted by Crippen LogP contribution is 2.30. The predicted octanol–water partition coefficient (Wildman–Crippen LogP) is 3.58. The van der Waals surface area contributed by atoms with Gasteiger partial charge < -0.3 is 9.80 Å². The van der Waals surface area contributed by atoms with Crippen molar-refractivity contribution in [3.05, 3.63) is 53.8 Å². The minimum atomic E-state index is -3.49. The van der Waals surface area contributed by atoms with Gasteiger partial charge in [-0.15, -0.1) is 0 Å². The number of amides is 1. The van der Waals surface area contributed by atoms with Crippen molar-refractivity contribution in [3.8, 4) is 0 Å². The number of rotatable bonds is 5. The van der Waals surface area contributed by atoms with Crippen LogP contribution in [0.5, 0.6) is 0 Å². The summed E-state index contributed by atoms with van der Waals surface area (Å²) in [5.41, 5.74) is 0.986. The lowest BCUT2D eigenvalue weighted by Crippen LogP contribution is -2.49. The van der Waals surface area contributed by atoms with Gasteiger partial charge in [-0.05, 0) is 36.8 Å². The maximum atomic E-state index is 13.4. The lowest BCUT2D eigenvalue weighted by molar-refractivity contribution is 0.0743. The van der Waals surface area contributed by atoms with Crippen LogP contribution in [-0.4, -0.2) is 56.1 Å². The molecule has 0 unspecified atom stereocenters. The summed E-state index contributed by atoms with van der Waals surface area (Å²) < 4.78 is 39.4. The molecule has 1 aromatic heterocycles. The Kier molecular flexibility index (Phi) is 5.75. The Morgan fingerprint density at radius 2 is 1.87 bits per heavy atom. The third kappa shape index (κ3) is 4.04. The average Bonchev–Trinajstić information content (AvgIpc) is 3.16. The summed E-state index contributed by atoms with van der Waals surface area (Å²) in [5, 5.41) is 0.800. The topological polar surface area (TPSA) is 70.6 Å². The summed E-state index contributed by atoms with van der Waals surface area (Å²) in [6, 6.07) is 11.0. The van der Waals surface area contributed by atoms with Gasteiger partial charge in [-0.25, -0.2) is 17.8 Å². The zero-order valence-corrected chi connectivity index (χ0v) is 18.2. The van der Waals surface area contributed by atoms with Gasteiger partial charge in [-0.2, -0.15) is 0 Å². The molecule has 1 saturated heterocycles. The van der Waals surface area contributed by atoms with Crippen LogP contribution in [0.25, 0.3) is 10.2 Å². The molecule has 0 bridgehead atoms. The third-order valence-electron chi connectivity index (χ3n) is 5.10. The molecule has 1 aliphatic heterocycles. The maximum Gasteiger partial charge on any atom is 0.255 e. The molecule has 1 aliphatic rings. The van der Waals surface area contributed by atoms with Crippen LogP contribution >= 0.6 is 11.3 Å².